The Bertz CT molecular complexity index is 1210. The monoisotopic (exact) mass is 492 g/mol. The van der Waals surface area contributed by atoms with Gasteiger partial charge in [-0.15, -0.1) is 0 Å². The highest BCUT2D eigenvalue weighted by Crippen LogP contribution is 2.40. The van der Waals surface area contributed by atoms with Crippen molar-refractivity contribution in [2.75, 3.05) is 53.1 Å². The Kier molecular flexibility index (Phi) is 8.67. The van der Waals surface area contributed by atoms with Crippen LogP contribution in [0.3, 0.4) is 0 Å². The van der Waals surface area contributed by atoms with Gasteiger partial charge >= 0.3 is 0 Å². The lowest BCUT2D eigenvalue weighted by Gasteiger charge is -2.26. The van der Waals surface area contributed by atoms with Gasteiger partial charge in [0.05, 0.1) is 33.2 Å². The molecule has 1 N–H and O–H groups in total. The maximum atomic E-state index is 12.7. The molecule has 4 rings (SSSR count). The first-order valence-corrected chi connectivity index (χ1v) is 12.6. The van der Waals surface area contributed by atoms with Crippen molar-refractivity contribution >= 4 is 22.4 Å². The molecule has 1 saturated heterocycles. The number of furan rings is 1. The number of fused-ring (bicyclic) bond motifs is 1. The Labute approximate surface area is 213 Å². The zero-order valence-electron chi connectivity index (χ0n) is 21.7. The molecular weight excluding hydrogens is 456 g/mol. The summed E-state index contributed by atoms with van der Waals surface area (Å²) in [6, 6.07) is 10.0. The number of benzene rings is 2. The maximum Gasteiger partial charge on any atom is 0.244 e. The predicted octanol–water partition coefficient (Wildman–Crippen LogP) is 5.06. The summed E-state index contributed by atoms with van der Waals surface area (Å²) in [5, 5.41) is 3.99. The topological polar surface area (TPSA) is 73.2 Å². The molecule has 1 fully saturated rings. The molecule has 0 bridgehead atoms. The summed E-state index contributed by atoms with van der Waals surface area (Å²) < 4.78 is 22.7. The number of methoxy groups -OCH3 is 1. The molecule has 36 heavy (non-hydrogen) atoms. The summed E-state index contributed by atoms with van der Waals surface area (Å²) in [5.41, 5.74) is 5.41. The van der Waals surface area contributed by atoms with Crippen molar-refractivity contribution in [3.8, 4) is 22.6 Å². The van der Waals surface area contributed by atoms with Crippen molar-refractivity contribution in [3.63, 3.8) is 0 Å². The van der Waals surface area contributed by atoms with Crippen molar-refractivity contribution in [1.29, 1.82) is 0 Å². The molecule has 1 aliphatic rings. The second-order valence-electron chi connectivity index (χ2n) is 8.99. The Morgan fingerprint density at radius 2 is 1.94 bits per heavy atom. The number of morpholine rings is 1. The first-order chi connectivity index (χ1) is 17.5. The molecule has 0 spiro atoms. The van der Waals surface area contributed by atoms with E-state index in [4.69, 9.17) is 18.6 Å². The summed E-state index contributed by atoms with van der Waals surface area (Å²) in [5.74, 6) is 1.44. The summed E-state index contributed by atoms with van der Waals surface area (Å²) in [6.07, 6.45) is 4.33. The van der Waals surface area contributed by atoms with Gasteiger partial charge in [0.15, 0.2) is 0 Å². The molecule has 192 valence electrons. The Morgan fingerprint density at radius 1 is 1.19 bits per heavy atom. The highest BCUT2D eigenvalue weighted by molar-refractivity contribution is 6.01. The van der Waals surface area contributed by atoms with Crippen molar-refractivity contribution in [1.82, 2.24) is 10.2 Å². The third kappa shape index (κ3) is 5.91. The van der Waals surface area contributed by atoms with Gasteiger partial charge in [0.2, 0.25) is 5.91 Å². The van der Waals surface area contributed by atoms with E-state index in [-0.39, 0.29) is 5.91 Å². The zero-order valence-corrected chi connectivity index (χ0v) is 21.7. The highest BCUT2D eigenvalue weighted by atomic mass is 16.5. The number of carbonyl (C=O) groups excluding carboxylic acids is 1. The Hall–Kier alpha value is -3.29. The third-order valence-corrected chi connectivity index (χ3v) is 6.55. The van der Waals surface area contributed by atoms with Gasteiger partial charge in [-0.1, -0.05) is 12.1 Å². The predicted molar refractivity (Wildman–Crippen MR) is 143 cm³/mol. The molecule has 3 aromatic rings. The van der Waals surface area contributed by atoms with Crippen LogP contribution >= 0.6 is 0 Å². The largest absolute Gasteiger partial charge is 0.496 e. The van der Waals surface area contributed by atoms with Crippen LogP contribution in [0.2, 0.25) is 0 Å². The molecule has 7 nitrogen and oxygen atoms in total. The van der Waals surface area contributed by atoms with Gasteiger partial charge in [-0.25, -0.2) is 0 Å². The number of carbonyl (C=O) groups is 1. The highest BCUT2D eigenvalue weighted by Gasteiger charge is 2.19. The Balaban J connectivity index is 1.52. The summed E-state index contributed by atoms with van der Waals surface area (Å²) in [6.45, 7) is 11.6. The van der Waals surface area contributed by atoms with E-state index in [2.05, 4.69) is 10.2 Å². The first-order valence-electron chi connectivity index (χ1n) is 12.6. The van der Waals surface area contributed by atoms with Crippen LogP contribution in [0.25, 0.3) is 27.7 Å². The fourth-order valence-electron chi connectivity index (χ4n) is 4.66. The second kappa shape index (κ2) is 12.1. The number of aryl methyl sites for hydroxylation is 1. The first kappa shape index (κ1) is 25.8. The molecule has 1 amide bonds. The number of amides is 1. The van der Waals surface area contributed by atoms with Crippen LogP contribution < -0.4 is 14.8 Å². The van der Waals surface area contributed by atoms with Gasteiger partial charge in [-0.05, 0) is 63.1 Å². The minimum atomic E-state index is -0.104. The average molecular weight is 493 g/mol. The van der Waals surface area contributed by atoms with Crippen LogP contribution in [0, 0.1) is 6.92 Å². The average Bonchev–Trinajstić information content (AvgIpc) is 3.32. The van der Waals surface area contributed by atoms with Crippen molar-refractivity contribution in [3.05, 3.63) is 53.8 Å². The van der Waals surface area contributed by atoms with E-state index in [1.54, 1.807) is 19.4 Å². The Morgan fingerprint density at radius 3 is 2.64 bits per heavy atom. The molecule has 0 atom stereocenters. The van der Waals surface area contributed by atoms with Gasteiger partial charge in [0.25, 0.3) is 0 Å². The maximum absolute atomic E-state index is 12.7. The minimum absolute atomic E-state index is 0.104. The molecule has 0 saturated carbocycles. The summed E-state index contributed by atoms with van der Waals surface area (Å²) in [7, 11) is 1.65. The molecule has 2 heterocycles. The van der Waals surface area contributed by atoms with Gasteiger partial charge in [0, 0.05) is 47.8 Å². The summed E-state index contributed by atoms with van der Waals surface area (Å²) in [4.78, 5) is 15.0. The number of rotatable bonds is 10. The molecule has 2 aromatic carbocycles. The molecular formula is C29H36N2O5. The van der Waals surface area contributed by atoms with E-state index in [9.17, 15) is 4.79 Å². The standard InChI is InChI=1S/C29H36N2O5/c1-5-35-23-9-7-22(8-10-23)26-19-36-29-21(3)28(33-4)24(18-25(26)29)20(2)17-27(32)30-11-6-12-31-13-15-34-16-14-31/h7-10,17-19H,5-6,11-16H2,1-4H3,(H,30,32)/b20-17+. The van der Waals surface area contributed by atoms with Gasteiger partial charge in [0.1, 0.15) is 17.1 Å². The molecule has 7 heteroatoms. The second-order valence-corrected chi connectivity index (χ2v) is 8.99. The van der Waals surface area contributed by atoms with E-state index in [0.29, 0.717) is 18.9 Å². The molecule has 1 aliphatic heterocycles. The number of ether oxygens (including phenoxy) is 3. The molecule has 0 aliphatic carbocycles. The van der Waals surface area contributed by atoms with Crippen LogP contribution in [0.1, 0.15) is 31.4 Å². The fourth-order valence-corrected chi connectivity index (χ4v) is 4.66. The molecule has 0 unspecified atom stereocenters. The van der Waals surface area contributed by atoms with Crippen LogP contribution in [-0.2, 0) is 9.53 Å². The summed E-state index contributed by atoms with van der Waals surface area (Å²) >= 11 is 0. The van der Waals surface area contributed by atoms with E-state index in [1.165, 1.54) is 0 Å². The lowest BCUT2D eigenvalue weighted by molar-refractivity contribution is -0.116. The van der Waals surface area contributed by atoms with Gasteiger partial charge < -0.3 is 23.9 Å². The number of hydrogen-bond acceptors (Lipinski definition) is 6. The molecule has 0 radical (unpaired) electrons. The number of nitrogens with one attached hydrogen (secondary N) is 1. The number of allylic oxidation sites excluding steroid dienone is 1. The lowest BCUT2D eigenvalue weighted by Crippen LogP contribution is -2.38. The van der Waals surface area contributed by atoms with Crippen molar-refractivity contribution < 1.29 is 23.4 Å². The zero-order chi connectivity index (χ0) is 25.5. The molecule has 1 aromatic heterocycles. The number of hydrogen-bond donors (Lipinski definition) is 1. The fraction of sp³-hybridized carbons (Fsp3) is 0.414. The quantitative estimate of drug-likeness (QED) is 0.315. The van der Waals surface area contributed by atoms with Crippen LogP contribution in [0.5, 0.6) is 11.5 Å². The smallest absolute Gasteiger partial charge is 0.244 e. The van der Waals surface area contributed by atoms with E-state index in [0.717, 1.165) is 83.8 Å². The SMILES string of the molecule is CCOc1ccc(-c2coc3c(C)c(OC)c(/C(C)=C/C(=O)NCCCN4CCOCC4)cc23)cc1. The van der Waals surface area contributed by atoms with E-state index in [1.807, 2.05) is 51.1 Å². The third-order valence-electron chi connectivity index (χ3n) is 6.55. The van der Waals surface area contributed by atoms with E-state index < -0.39 is 0 Å². The van der Waals surface area contributed by atoms with Gasteiger partial charge in [-0.3, -0.25) is 9.69 Å². The van der Waals surface area contributed by atoms with Crippen LogP contribution in [0.15, 0.2) is 47.1 Å². The van der Waals surface area contributed by atoms with Crippen molar-refractivity contribution in [2.45, 2.75) is 27.2 Å². The normalized spacial score (nSPS) is 14.7. The van der Waals surface area contributed by atoms with Gasteiger partial charge in [-0.2, -0.15) is 0 Å². The van der Waals surface area contributed by atoms with Crippen LogP contribution in [-0.4, -0.2) is 63.9 Å². The van der Waals surface area contributed by atoms with Crippen LogP contribution in [0.4, 0.5) is 0 Å². The van der Waals surface area contributed by atoms with E-state index >= 15 is 0 Å². The number of nitrogens with zero attached hydrogens (tertiary/aromatic N) is 1. The minimum Gasteiger partial charge on any atom is -0.496 e. The van der Waals surface area contributed by atoms with Crippen molar-refractivity contribution in [2.24, 2.45) is 0 Å². The lowest BCUT2D eigenvalue weighted by atomic mass is 9.96.